The second kappa shape index (κ2) is 11.7. The zero-order chi connectivity index (χ0) is 17.8. The van der Waals surface area contributed by atoms with Gasteiger partial charge in [0.1, 0.15) is 0 Å². The number of carbonyl (C=O) groups is 1. The fourth-order valence-corrected chi connectivity index (χ4v) is 19.6. The Hall–Kier alpha value is -0.771. The maximum absolute atomic E-state index is 12.4. The van der Waals surface area contributed by atoms with Gasteiger partial charge in [-0.25, -0.2) is 0 Å². The average molecular weight is 436 g/mol. The molecular weight excluding hydrogens is 401 g/mol. The molecule has 0 aliphatic heterocycles. The Kier molecular flexibility index (Phi) is 10.4. The van der Waals surface area contributed by atoms with Crippen molar-refractivity contribution in [2.24, 2.45) is 5.73 Å². The number of carbonyl (C=O) groups excluding carboxylic acids is 1. The number of hydrogen-bond acceptors (Lipinski definition) is 1. The second-order valence-electron chi connectivity index (χ2n) is 6.92. The summed E-state index contributed by atoms with van der Waals surface area (Å²) in [6.07, 6.45) is 9.46. The molecule has 1 rings (SSSR count). The number of hydrogen-bond donors (Lipinski definition) is 1. The van der Waals surface area contributed by atoms with Crippen molar-refractivity contribution in [3.05, 3.63) is 39.5 Å². The van der Waals surface area contributed by atoms with Crippen LogP contribution in [0.5, 0.6) is 0 Å². The van der Waals surface area contributed by atoms with E-state index in [2.05, 4.69) is 39.0 Å². The third kappa shape index (κ3) is 6.62. The van der Waals surface area contributed by atoms with Gasteiger partial charge in [-0.15, -0.1) is 0 Å². The van der Waals surface area contributed by atoms with Crippen LogP contribution in [0.2, 0.25) is 13.3 Å². The number of primary amides is 1. The number of rotatable bonds is 12. The van der Waals surface area contributed by atoms with Crippen LogP contribution in [-0.4, -0.2) is 24.3 Å². The third-order valence-corrected chi connectivity index (χ3v) is 20.6. The van der Waals surface area contributed by atoms with Crippen LogP contribution in [0.15, 0.2) is 33.9 Å². The Morgan fingerprint density at radius 3 is 1.75 bits per heavy atom. The summed E-state index contributed by atoms with van der Waals surface area (Å²) in [4.78, 5) is 12.4. The molecule has 0 aliphatic carbocycles. The van der Waals surface area contributed by atoms with Gasteiger partial charge in [0.05, 0.1) is 0 Å². The molecule has 24 heavy (non-hydrogen) atoms. The first-order valence-electron chi connectivity index (χ1n) is 9.66. The van der Waals surface area contributed by atoms with Gasteiger partial charge in [-0.05, 0) is 0 Å². The SMILES string of the molecule is CCC[CH2][Sn]([CH2]CCC)([CH2]CCC)/[C](=C\c1ccccc1)C(N)=O. The van der Waals surface area contributed by atoms with Gasteiger partial charge in [-0.2, -0.15) is 0 Å². The molecule has 3 heteroatoms. The molecule has 1 aromatic carbocycles. The molecule has 1 aromatic rings. The number of nitrogens with two attached hydrogens (primary N) is 1. The van der Waals surface area contributed by atoms with Crippen molar-refractivity contribution in [1.82, 2.24) is 0 Å². The van der Waals surface area contributed by atoms with Gasteiger partial charge in [0.15, 0.2) is 0 Å². The zero-order valence-corrected chi connectivity index (χ0v) is 18.7. The van der Waals surface area contributed by atoms with E-state index in [0.717, 1.165) is 9.15 Å². The molecule has 0 aliphatic rings. The Bertz CT molecular complexity index is 488. The molecule has 2 N–H and O–H groups in total. The molecule has 0 fully saturated rings. The Morgan fingerprint density at radius 1 is 0.917 bits per heavy atom. The van der Waals surface area contributed by atoms with Crippen LogP contribution in [0, 0.1) is 0 Å². The average Bonchev–Trinajstić information content (AvgIpc) is 2.60. The van der Waals surface area contributed by atoms with Crippen molar-refractivity contribution in [2.45, 2.75) is 72.6 Å². The zero-order valence-electron chi connectivity index (χ0n) is 15.8. The van der Waals surface area contributed by atoms with Gasteiger partial charge in [-0.3, -0.25) is 0 Å². The van der Waals surface area contributed by atoms with E-state index in [9.17, 15) is 4.79 Å². The van der Waals surface area contributed by atoms with Gasteiger partial charge in [0.25, 0.3) is 0 Å². The van der Waals surface area contributed by atoms with Crippen molar-refractivity contribution >= 4 is 30.4 Å². The minimum atomic E-state index is -2.76. The molecule has 0 saturated carbocycles. The van der Waals surface area contributed by atoms with Crippen molar-refractivity contribution < 1.29 is 4.79 Å². The van der Waals surface area contributed by atoms with Crippen molar-refractivity contribution in [1.29, 1.82) is 0 Å². The van der Waals surface area contributed by atoms with Crippen LogP contribution in [0.25, 0.3) is 6.08 Å². The van der Waals surface area contributed by atoms with Gasteiger partial charge in [-0.1, -0.05) is 0 Å². The third-order valence-electron chi connectivity index (χ3n) is 4.97. The first-order valence-corrected chi connectivity index (χ1v) is 17.1. The topological polar surface area (TPSA) is 43.1 Å². The van der Waals surface area contributed by atoms with Crippen LogP contribution in [0.3, 0.4) is 0 Å². The fourth-order valence-electron chi connectivity index (χ4n) is 3.53. The van der Waals surface area contributed by atoms with E-state index >= 15 is 0 Å². The molecule has 0 unspecified atom stereocenters. The summed E-state index contributed by atoms with van der Waals surface area (Å²) in [6, 6.07) is 10.2. The van der Waals surface area contributed by atoms with Crippen molar-refractivity contribution in [3.63, 3.8) is 0 Å². The Labute approximate surface area is 152 Å². The normalized spacial score (nSPS) is 12.4. The first kappa shape index (κ1) is 21.3. The minimum absolute atomic E-state index is 0.155. The van der Waals surface area contributed by atoms with Crippen LogP contribution in [-0.2, 0) is 4.79 Å². The summed E-state index contributed by atoms with van der Waals surface area (Å²) in [5, 5.41) is 0. The van der Waals surface area contributed by atoms with E-state index < -0.39 is 18.4 Å². The van der Waals surface area contributed by atoms with E-state index in [1.165, 1.54) is 51.8 Å². The number of benzene rings is 1. The summed E-state index contributed by atoms with van der Waals surface area (Å²) in [7, 11) is 0. The molecular formula is C21H35NOSn. The predicted octanol–water partition coefficient (Wildman–Crippen LogP) is 5.94. The standard InChI is InChI=1S/C9H8NO.3C4H9.Sn/c10-9(11)7-6-8-4-2-1-3-5-8;3*1-3-4-2;/h1-6H,(H2,10,11);3*1,3-4H2,2H3;. The molecule has 0 radical (unpaired) electrons. The molecule has 0 atom stereocenters. The molecule has 2 nitrogen and oxygen atoms in total. The monoisotopic (exact) mass is 437 g/mol. The van der Waals surface area contributed by atoms with Crippen molar-refractivity contribution in [3.8, 4) is 0 Å². The van der Waals surface area contributed by atoms with E-state index in [0.29, 0.717) is 0 Å². The summed E-state index contributed by atoms with van der Waals surface area (Å²) in [6.45, 7) is 6.75. The molecule has 0 saturated heterocycles. The van der Waals surface area contributed by atoms with Gasteiger partial charge in [0, 0.05) is 0 Å². The summed E-state index contributed by atoms with van der Waals surface area (Å²) < 4.78 is 4.86. The quantitative estimate of drug-likeness (QED) is 0.320. The van der Waals surface area contributed by atoms with Crippen LogP contribution in [0.1, 0.15) is 64.9 Å². The molecule has 1 amide bonds. The fraction of sp³-hybridized carbons (Fsp3) is 0.571. The van der Waals surface area contributed by atoms with Gasteiger partial charge >= 0.3 is 153 Å². The number of amides is 1. The number of unbranched alkanes of at least 4 members (excludes halogenated alkanes) is 3. The first-order chi connectivity index (χ1) is 11.6. The van der Waals surface area contributed by atoms with Crippen molar-refractivity contribution in [2.75, 3.05) is 0 Å². The van der Waals surface area contributed by atoms with E-state index in [-0.39, 0.29) is 5.91 Å². The summed E-state index contributed by atoms with van der Waals surface area (Å²) in [5.41, 5.74) is 7.05. The Balaban J connectivity index is 3.30. The Morgan fingerprint density at radius 2 is 1.38 bits per heavy atom. The van der Waals surface area contributed by atoms with Gasteiger partial charge in [0.2, 0.25) is 0 Å². The van der Waals surface area contributed by atoms with Gasteiger partial charge < -0.3 is 0 Å². The predicted molar refractivity (Wildman–Crippen MR) is 109 cm³/mol. The maximum atomic E-state index is 12.4. The van der Waals surface area contributed by atoms with Crippen LogP contribution >= 0.6 is 0 Å². The van der Waals surface area contributed by atoms with E-state index in [1.807, 2.05) is 18.2 Å². The van der Waals surface area contributed by atoms with E-state index in [1.54, 1.807) is 0 Å². The molecule has 0 heterocycles. The second-order valence-corrected chi connectivity index (χ2v) is 20.1. The molecule has 0 bridgehead atoms. The van der Waals surface area contributed by atoms with Crippen LogP contribution in [0.4, 0.5) is 0 Å². The summed E-state index contributed by atoms with van der Waals surface area (Å²) in [5.74, 6) is -0.155. The molecule has 0 aromatic heterocycles. The molecule has 134 valence electrons. The van der Waals surface area contributed by atoms with Crippen LogP contribution < -0.4 is 5.73 Å². The van der Waals surface area contributed by atoms with E-state index in [4.69, 9.17) is 5.73 Å². The summed E-state index contributed by atoms with van der Waals surface area (Å²) >= 11 is -2.76. The molecule has 0 spiro atoms.